The molecular weight excluding hydrogens is 423 g/mol. The van der Waals surface area contributed by atoms with E-state index < -0.39 is 9.04 Å². The van der Waals surface area contributed by atoms with Crippen LogP contribution in [0.25, 0.3) is 6.08 Å². The lowest BCUT2D eigenvalue weighted by atomic mass is 10.1. The van der Waals surface area contributed by atoms with Crippen molar-refractivity contribution in [2.24, 2.45) is 0 Å². The predicted molar refractivity (Wildman–Crippen MR) is 118 cm³/mol. The number of rotatable bonds is 8. The van der Waals surface area contributed by atoms with Gasteiger partial charge in [-0.05, 0) is 39.3 Å². The van der Waals surface area contributed by atoms with E-state index in [9.17, 15) is 0 Å². The van der Waals surface area contributed by atoms with E-state index in [1.807, 2.05) is 0 Å². The largest absolute Gasteiger partial charge is 0.409 e. The Morgan fingerprint density at radius 2 is 1.58 bits per heavy atom. The average Bonchev–Trinajstić information content (AvgIpc) is 2.48. The van der Waals surface area contributed by atoms with Crippen molar-refractivity contribution in [1.29, 1.82) is 0 Å². The number of unbranched alkanes of at least 4 members (excludes halogenated alkanes) is 1. The summed E-state index contributed by atoms with van der Waals surface area (Å²) in [6, 6.07) is 10.5. The van der Waals surface area contributed by atoms with E-state index in [1.54, 1.807) is 0 Å². The molecule has 1 aromatic rings. The molecule has 1 unspecified atom stereocenters. The van der Waals surface area contributed by atoms with Crippen LogP contribution in [0.2, 0.25) is 10.1 Å². The average molecular weight is 457 g/mol. The molecule has 0 aromatic heterocycles. The second kappa shape index (κ2) is 10.1. The van der Waals surface area contributed by atoms with Gasteiger partial charge in [0.05, 0.1) is 6.10 Å². The summed E-state index contributed by atoms with van der Waals surface area (Å²) in [5.74, 6) is 0. The van der Waals surface area contributed by atoms with E-state index in [2.05, 4.69) is 107 Å². The minimum Gasteiger partial charge on any atom is -0.409 e. The molecule has 135 valence electrons. The van der Waals surface area contributed by atoms with Crippen LogP contribution in [0.15, 0.2) is 36.4 Å². The Bertz CT molecular complexity index is 471. The van der Waals surface area contributed by atoms with E-state index in [4.69, 9.17) is 4.43 Å². The highest BCUT2D eigenvalue weighted by molar-refractivity contribution is 14.1. The van der Waals surface area contributed by atoms with Crippen LogP contribution in [0.4, 0.5) is 0 Å². The molecule has 0 fully saturated rings. The number of benzene rings is 1. The van der Waals surface area contributed by atoms with Crippen molar-refractivity contribution in [2.75, 3.05) is 4.43 Å². The minimum atomic E-state index is -0.967. The van der Waals surface area contributed by atoms with Crippen molar-refractivity contribution in [3.8, 4) is 0 Å². The van der Waals surface area contributed by atoms with Crippen LogP contribution in [0.5, 0.6) is 0 Å². The Morgan fingerprint density at radius 3 is 2.08 bits per heavy atom. The summed E-state index contributed by atoms with van der Waals surface area (Å²) in [6.45, 7) is 14.0. The van der Waals surface area contributed by atoms with Gasteiger partial charge in [0.15, 0.2) is 0 Å². The first-order valence-electron chi connectivity index (χ1n) is 8.98. The zero-order valence-corrected chi connectivity index (χ0v) is 19.4. The van der Waals surface area contributed by atoms with Gasteiger partial charge >= 0.3 is 0 Å². The highest BCUT2D eigenvalue weighted by atomic mass is 127. The molecule has 1 nitrogen and oxygen atoms in total. The predicted octanol–water partition coefficient (Wildman–Crippen LogP) is 7.28. The fraction of sp³-hybridized carbons (Fsp3) is 0.619. The third-order valence-corrected chi connectivity index (χ3v) is 7.83. The molecule has 1 atom stereocenters. The zero-order valence-electron chi connectivity index (χ0n) is 16.2. The summed E-state index contributed by atoms with van der Waals surface area (Å²) in [4.78, 5) is 0. The van der Waals surface area contributed by atoms with Crippen molar-refractivity contribution in [3.63, 3.8) is 0 Å². The van der Waals surface area contributed by atoms with E-state index in [1.165, 1.54) is 22.8 Å². The zero-order chi connectivity index (χ0) is 18.2. The van der Waals surface area contributed by atoms with E-state index >= 15 is 0 Å². The quantitative estimate of drug-likeness (QED) is 0.172. The van der Waals surface area contributed by atoms with Crippen LogP contribution >= 0.6 is 22.6 Å². The second-order valence-corrected chi connectivity index (χ2v) is 13.4. The molecule has 1 radical (unpaired) electrons. The van der Waals surface area contributed by atoms with Gasteiger partial charge in [-0.3, -0.25) is 0 Å². The Morgan fingerprint density at radius 1 is 1.00 bits per heavy atom. The molecule has 0 bridgehead atoms. The van der Waals surface area contributed by atoms with Crippen molar-refractivity contribution < 1.29 is 4.43 Å². The van der Waals surface area contributed by atoms with E-state index in [0.717, 1.165) is 6.42 Å². The molecule has 0 aliphatic rings. The molecule has 0 N–H and O–H groups in total. The summed E-state index contributed by atoms with van der Waals surface area (Å²) in [7, 11) is -0.967. The summed E-state index contributed by atoms with van der Waals surface area (Å²) >= 11 is 2.46. The maximum atomic E-state index is 6.76. The van der Waals surface area contributed by atoms with Gasteiger partial charge in [0.1, 0.15) is 0 Å². The lowest BCUT2D eigenvalue weighted by Gasteiger charge is -2.39. The van der Waals surface area contributed by atoms with Crippen molar-refractivity contribution >= 4 is 37.7 Å². The van der Waals surface area contributed by atoms with Gasteiger partial charge in [0.25, 0.3) is 0 Å². The second-order valence-electron chi connectivity index (χ2n) is 8.44. The van der Waals surface area contributed by atoms with Gasteiger partial charge in [0, 0.05) is 0 Å². The first-order chi connectivity index (χ1) is 11.1. The highest BCUT2D eigenvalue weighted by Gasteiger charge is 2.40. The van der Waals surface area contributed by atoms with Gasteiger partial charge in [-0.15, -0.1) is 0 Å². The molecule has 0 amide bonds. The third kappa shape index (κ3) is 8.30. The lowest BCUT2D eigenvalue weighted by Crippen LogP contribution is -2.40. The smallest absolute Gasteiger partial charge is 0.223 e. The molecular formula is C21H34IOSi. The Kier molecular flexibility index (Phi) is 9.24. The number of hydrogen-bond acceptors (Lipinski definition) is 1. The lowest BCUT2D eigenvalue weighted by molar-refractivity contribution is 0.211. The molecule has 0 aliphatic heterocycles. The van der Waals surface area contributed by atoms with Gasteiger partial charge in [-0.25, -0.2) is 0 Å². The molecule has 0 saturated heterocycles. The van der Waals surface area contributed by atoms with Crippen LogP contribution in [-0.4, -0.2) is 19.6 Å². The summed E-state index contributed by atoms with van der Waals surface area (Å²) < 4.78 is 7.99. The van der Waals surface area contributed by atoms with Crippen molar-refractivity contribution in [2.45, 2.75) is 77.0 Å². The van der Waals surface area contributed by atoms with Crippen LogP contribution in [0, 0.1) is 0 Å². The summed E-state index contributed by atoms with van der Waals surface area (Å²) in [5.41, 5.74) is 1.25. The van der Waals surface area contributed by atoms with Gasteiger partial charge in [0.2, 0.25) is 9.04 Å². The summed E-state index contributed by atoms with van der Waals surface area (Å²) in [5, 5.41) is 0.454. The third-order valence-electron chi connectivity index (χ3n) is 3.81. The normalized spacial score (nSPS) is 14.5. The molecule has 0 aliphatic carbocycles. The SMILES string of the molecule is CC(C)(C)[Si](OC(/C=C/c1ccccc1)CCCCI)C(C)(C)C. The van der Waals surface area contributed by atoms with Crippen LogP contribution in [-0.2, 0) is 4.43 Å². The maximum Gasteiger partial charge on any atom is 0.223 e. The molecule has 3 heteroatoms. The topological polar surface area (TPSA) is 9.23 Å². The van der Waals surface area contributed by atoms with Gasteiger partial charge in [-0.2, -0.15) is 0 Å². The monoisotopic (exact) mass is 457 g/mol. The Balaban J connectivity index is 2.89. The number of hydrogen-bond donors (Lipinski definition) is 0. The Hall–Kier alpha value is -0.133. The van der Waals surface area contributed by atoms with Gasteiger partial charge < -0.3 is 4.43 Å². The fourth-order valence-electron chi connectivity index (χ4n) is 3.05. The first-order valence-corrected chi connectivity index (χ1v) is 11.9. The maximum absolute atomic E-state index is 6.76. The molecule has 24 heavy (non-hydrogen) atoms. The molecule has 0 heterocycles. The highest BCUT2D eigenvalue weighted by Crippen LogP contribution is 2.43. The first kappa shape index (κ1) is 21.9. The minimum absolute atomic E-state index is 0.223. The molecule has 1 aromatic carbocycles. The van der Waals surface area contributed by atoms with Crippen LogP contribution in [0.1, 0.15) is 66.4 Å². The molecule has 1 rings (SSSR count). The number of alkyl halides is 1. The molecule has 0 saturated carbocycles. The van der Waals surface area contributed by atoms with Crippen LogP contribution < -0.4 is 0 Å². The Labute approximate surface area is 165 Å². The molecule has 0 spiro atoms. The van der Waals surface area contributed by atoms with E-state index in [0.29, 0.717) is 0 Å². The fourth-order valence-corrected chi connectivity index (χ4v) is 7.04. The van der Waals surface area contributed by atoms with Gasteiger partial charge in [-0.1, -0.05) is 107 Å². The van der Waals surface area contributed by atoms with E-state index in [-0.39, 0.29) is 16.2 Å². The van der Waals surface area contributed by atoms with Crippen molar-refractivity contribution in [1.82, 2.24) is 0 Å². The number of halogens is 1. The standard InChI is InChI=1S/C21H34IOSi/c1-20(2,3)24(21(4,5)6)23-19(14-10-11-17-22)16-15-18-12-8-7-9-13-18/h7-9,12-13,15-16,19H,10-11,14,17H2,1-6H3/b16-15+. The van der Waals surface area contributed by atoms with Crippen LogP contribution in [0.3, 0.4) is 0 Å². The van der Waals surface area contributed by atoms with Crippen molar-refractivity contribution in [3.05, 3.63) is 42.0 Å². The summed E-state index contributed by atoms with van der Waals surface area (Å²) in [6.07, 6.45) is 8.35.